The van der Waals surface area contributed by atoms with Crippen molar-refractivity contribution < 1.29 is 32.6 Å². The molecule has 3 atom stereocenters. The molecule has 0 spiro atoms. The number of nitrogens with zero attached hydrogens (tertiary/aromatic N) is 2. The van der Waals surface area contributed by atoms with Gasteiger partial charge in [0.25, 0.3) is 5.91 Å². The lowest BCUT2D eigenvalue weighted by molar-refractivity contribution is -0.142. The number of piperazine rings is 1. The predicted molar refractivity (Wildman–Crippen MR) is 172 cm³/mol. The van der Waals surface area contributed by atoms with E-state index in [9.17, 15) is 27.9 Å². The van der Waals surface area contributed by atoms with E-state index in [0.717, 1.165) is 29.5 Å². The van der Waals surface area contributed by atoms with Crippen molar-refractivity contribution in [1.82, 2.24) is 25.8 Å². The van der Waals surface area contributed by atoms with Crippen LogP contribution in [0.2, 0.25) is 10.0 Å². The van der Waals surface area contributed by atoms with E-state index < -0.39 is 41.6 Å². The molecule has 9 nitrogen and oxygen atoms in total. The van der Waals surface area contributed by atoms with Crippen LogP contribution in [0.4, 0.5) is 13.2 Å². The number of hydrogen-bond acceptors (Lipinski definition) is 8. The van der Waals surface area contributed by atoms with Crippen molar-refractivity contribution in [3.63, 3.8) is 0 Å². The van der Waals surface area contributed by atoms with Gasteiger partial charge in [0.05, 0.1) is 30.9 Å². The first-order valence-corrected chi connectivity index (χ1v) is 16.0. The maximum atomic E-state index is 14.9. The molecule has 3 aromatic rings. The predicted octanol–water partition coefficient (Wildman–Crippen LogP) is 4.49. The monoisotopic (exact) mass is 693 g/mol. The third kappa shape index (κ3) is 7.59. The summed E-state index contributed by atoms with van der Waals surface area (Å²) in [6.45, 7) is 2.97. The molecular formula is C33H36Cl2F3N5O4. The Bertz CT molecular complexity index is 1480. The molecule has 0 radical (unpaired) electrons. The van der Waals surface area contributed by atoms with Crippen molar-refractivity contribution in [2.24, 2.45) is 0 Å². The number of aldehydes is 1. The minimum Gasteiger partial charge on any atom is -0.493 e. The minimum atomic E-state index is -4.63. The molecular weight excluding hydrogens is 658 g/mol. The molecule has 2 saturated heterocycles. The molecule has 0 aromatic heterocycles. The van der Waals surface area contributed by atoms with Crippen molar-refractivity contribution in [3.8, 4) is 5.75 Å². The number of carbonyl (C=O) groups excluding carboxylic acids is 2. The van der Waals surface area contributed by atoms with Gasteiger partial charge in [0.2, 0.25) is 0 Å². The van der Waals surface area contributed by atoms with Crippen LogP contribution in [0.15, 0.2) is 66.7 Å². The molecule has 14 heteroatoms. The molecule has 5 rings (SSSR count). The van der Waals surface area contributed by atoms with Crippen LogP contribution < -0.4 is 20.7 Å². The third-order valence-electron chi connectivity index (χ3n) is 8.46. The van der Waals surface area contributed by atoms with Crippen LogP contribution in [0, 0.1) is 0 Å². The first-order chi connectivity index (χ1) is 22.5. The van der Waals surface area contributed by atoms with Gasteiger partial charge in [0.1, 0.15) is 11.9 Å². The fraction of sp³-hybridized carbons (Fsp3) is 0.394. The lowest BCUT2D eigenvalue weighted by Gasteiger charge is -2.42. The number of aliphatic hydroxyl groups excluding tert-OH is 1. The summed E-state index contributed by atoms with van der Waals surface area (Å²) >= 11 is 12.4. The van der Waals surface area contributed by atoms with Crippen LogP contribution in [0.1, 0.15) is 41.3 Å². The molecule has 3 unspecified atom stereocenters. The number of halogens is 5. The van der Waals surface area contributed by atoms with E-state index in [-0.39, 0.29) is 44.2 Å². The summed E-state index contributed by atoms with van der Waals surface area (Å²) in [5.74, 6) is -0.505. The number of nitrogens with one attached hydrogen (secondary N) is 3. The Labute approximate surface area is 281 Å². The zero-order valence-corrected chi connectivity index (χ0v) is 27.1. The van der Waals surface area contributed by atoms with Crippen molar-refractivity contribution in [2.75, 3.05) is 45.9 Å². The molecule has 0 bridgehead atoms. The second kappa shape index (κ2) is 14.9. The van der Waals surface area contributed by atoms with Crippen LogP contribution in [0.5, 0.6) is 5.75 Å². The minimum absolute atomic E-state index is 0.0619. The number of aliphatic hydroxyl groups is 1. The van der Waals surface area contributed by atoms with Gasteiger partial charge >= 0.3 is 6.18 Å². The molecule has 2 aliphatic rings. The molecule has 2 fully saturated rings. The highest BCUT2D eigenvalue weighted by molar-refractivity contribution is 6.30. The Morgan fingerprint density at radius 3 is 2.02 bits per heavy atom. The van der Waals surface area contributed by atoms with Crippen LogP contribution in [0.25, 0.3) is 0 Å². The van der Waals surface area contributed by atoms with Gasteiger partial charge in [-0.05, 0) is 54.4 Å². The summed E-state index contributed by atoms with van der Waals surface area (Å²) in [5.41, 5.74) is -0.863. The highest BCUT2D eigenvalue weighted by Gasteiger charge is 2.55. The number of amides is 1. The zero-order valence-electron chi connectivity index (χ0n) is 25.6. The van der Waals surface area contributed by atoms with Crippen molar-refractivity contribution >= 4 is 35.4 Å². The Kier molecular flexibility index (Phi) is 11.1. The molecule has 3 aromatic carbocycles. The SMILES string of the molecule is CCOc1cc(C(F)(F)F)ccc1C1(C(=O)N2CCN(C(C=O)NCCO)CC2)NC(c2ccc(Cl)cc2)C(c2ccc(Cl)cc2)N1. The van der Waals surface area contributed by atoms with Gasteiger partial charge in [-0.3, -0.25) is 25.6 Å². The summed E-state index contributed by atoms with van der Waals surface area (Å²) in [7, 11) is 0. The maximum absolute atomic E-state index is 14.9. The van der Waals surface area contributed by atoms with Gasteiger partial charge in [-0.25, -0.2) is 0 Å². The average molecular weight is 695 g/mol. The molecule has 252 valence electrons. The standard InChI is InChI=1S/C33H36Cl2F3N5O4/c1-2-47-27-19-23(33(36,37)38)7-12-26(27)32(31(46)43-16-14-42(15-17-43)28(20-45)39-13-18-44)40-29(21-3-8-24(34)9-4-21)30(41-32)22-5-10-25(35)11-6-22/h3-12,19-20,28-30,39-41,44H,2,13-18H2,1H3. The number of alkyl halides is 3. The quantitative estimate of drug-likeness (QED) is 0.218. The summed E-state index contributed by atoms with van der Waals surface area (Å²) in [4.78, 5) is 30.1. The molecule has 1 amide bonds. The topological polar surface area (TPSA) is 106 Å². The van der Waals surface area contributed by atoms with Gasteiger partial charge in [-0.2, -0.15) is 13.2 Å². The number of rotatable bonds is 11. The second-order valence-electron chi connectivity index (χ2n) is 11.3. The molecule has 2 aliphatic heterocycles. The van der Waals surface area contributed by atoms with E-state index in [1.54, 1.807) is 36.1 Å². The van der Waals surface area contributed by atoms with E-state index in [0.29, 0.717) is 23.1 Å². The van der Waals surface area contributed by atoms with E-state index >= 15 is 0 Å². The van der Waals surface area contributed by atoms with Crippen molar-refractivity contribution in [3.05, 3.63) is 99.0 Å². The summed E-state index contributed by atoms with van der Waals surface area (Å²) in [5, 5.41) is 20.2. The lowest BCUT2D eigenvalue weighted by Crippen LogP contribution is -2.63. The Morgan fingerprint density at radius 2 is 1.55 bits per heavy atom. The van der Waals surface area contributed by atoms with Crippen LogP contribution >= 0.6 is 23.2 Å². The summed E-state index contributed by atoms with van der Waals surface area (Å²) in [6, 6.07) is 16.3. The summed E-state index contributed by atoms with van der Waals surface area (Å²) in [6.07, 6.45) is -4.52. The molecule has 2 heterocycles. The second-order valence-corrected chi connectivity index (χ2v) is 12.2. The lowest BCUT2D eigenvalue weighted by atomic mass is 9.94. The van der Waals surface area contributed by atoms with Gasteiger partial charge < -0.3 is 19.5 Å². The van der Waals surface area contributed by atoms with Crippen LogP contribution in [0.3, 0.4) is 0 Å². The fourth-order valence-corrected chi connectivity index (χ4v) is 6.41. The van der Waals surface area contributed by atoms with E-state index in [2.05, 4.69) is 16.0 Å². The normalized spacial score (nSPS) is 22.7. The summed E-state index contributed by atoms with van der Waals surface area (Å²) < 4.78 is 47.4. The van der Waals surface area contributed by atoms with Gasteiger partial charge in [0.15, 0.2) is 11.9 Å². The number of hydrogen-bond donors (Lipinski definition) is 4. The third-order valence-corrected chi connectivity index (χ3v) is 8.96. The molecule has 4 N–H and O–H groups in total. The highest BCUT2D eigenvalue weighted by Crippen LogP contribution is 2.46. The Balaban J connectivity index is 1.60. The van der Waals surface area contributed by atoms with E-state index in [1.165, 1.54) is 6.07 Å². The first kappa shape index (κ1) is 35.1. The van der Waals surface area contributed by atoms with E-state index in [1.807, 2.05) is 29.2 Å². The average Bonchev–Trinajstić information content (AvgIpc) is 3.47. The van der Waals surface area contributed by atoms with E-state index in [4.69, 9.17) is 27.9 Å². The zero-order chi connectivity index (χ0) is 33.8. The Hall–Kier alpha value is -3.23. The fourth-order valence-electron chi connectivity index (χ4n) is 6.16. The first-order valence-electron chi connectivity index (χ1n) is 15.2. The smallest absolute Gasteiger partial charge is 0.416 e. The van der Waals surface area contributed by atoms with Gasteiger partial charge in [-0.1, -0.05) is 53.5 Å². The molecule has 47 heavy (non-hydrogen) atoms. The number of ether oxygens (including phenoxy) is 1. The van der Waals surface area contributed by atoms with Crippen LogP contribution in [-0.2, 0) is 21.4 Å². The number of benzene rings is 3. The van der Waals surface area contributed by atoms with Crippen LogP contribution in [-0.4, -0.2) is 79.2 Å². The largest absolute Gasteiger partial charge is 0.493 e. The Morgan fingerprint density at radius 1 is 1.00 bits per heavy atom. The highest BCUT2D eigenvalue weighted by atomic mass is 35.5. The maximum Gasteiger partial charge on any atom is 0.416 e. The van der Waals surface area contributed by atoms with Crippen molar-refractivity contribution in [2.45, 2.75) is 37.0 Å². The van der Waals surface area contributed by atoms with Gasteiger partial charge in [-0.15, -0.1) is 0 Å². The number of carbonyl (C=O) groups is 2. The van der Waals surface area contributed by atoms with Gasteiger partial charge in [0, 0.05) is 48.3 Å². The molecule has 0 saturated carbocycles. The molecule has 0 aliphatic carbocycles. The van der Waals surface area contributed by atoms with Crippen molar-refractivity contribution in [1.29, 1.82) is 0 Å².